The van der Waals surface area contributed by atoms with Gasteiger partial charge in [0.05, 0.1) is 11.8 Å². The number of rotatable bonds is 6. The lowest BCUT2D eigenvalue weighted by molar-refractivity contribution is -0.146. The summed E-state index contributed by atoms with van der Waals surface area (Å²) in [6, 6.07) is 6.63. The van der Waals surface area contributed by atoms with Gasteiger partial charge in [-0.1, -0.05) is 19.1 Å². The van der Waals surface area contributed by atoms with Gasteiger partial charge in [-0.05, 0) is 48.9 Å². The number of hydrogen-bond donors (Lipinski definition) is 3. The monoisotopic (exact) mass is 342 g/mol. The van der Waals surface area contributed by atoms with Crippen molar-refractivity contribution in [1.29, 1.82) is 0 Å². The highest BCUT2D eigenvalue weighted by molar-refractivity contribution is 5.98. The van der Waals surface area contributed by atoms with Crippen LogP contribution in [0.5, 0.6) is 0 Å². The predicted molar refractivity (Wildman–Crippen MR) is 93.0 cm³/mol. The topological polar surface area (TPSA) is 95.5 Å². The minimum atomic E-state index is -0.917. The summed E-state index contributed by atoms with van der Waals surface area (Å²) in [5.41, 5.74) is 1.09. The average Bonchev–Trinajstić information content (AvgIpc) is 3.21. The van der Waals surface area contributed by atoms with E-state index in [1.165, 1.54) is 0 Å². The number of allylic oxidation sites excluding steroid dienone is 2. The van der Waals surface area contributed by atoms with Crippen LogP contribution in [0, 0.1) is 23.7 Å². The van der Waals surface area contributed by atoms with Crippen LogP contribution < -0.4 is 10.6 Å². The Morgan fingerprint density at radius 3 is 2.32 bits per heavy atom. The van der Waals surface area contributed by atoms with Crippen molar-refractivity contribution in [2.24, 2.45) is 23.7 Å². The van der Waals surface area contributed by atoms with E-state index in [0.717, 1.165) is 12.8 Å². The van der Waals surface area contributed by atoms with E-state index >= 15 is 0 Å². The summed E-state index contributed by atoms with van der Waals surface area (Å²) < 4.78 is 0. The second-order valence-electron chi connectivity index (χ2n) is 6.66. The first kappa shape index (κ1) is 17.2. The van der Waals surface area contributed by atoms with Crippen LogP contribution in [0.1, 0.15) is 30.1 Å². The maximum atomic E-state index is 12.6. The fourth-order valence-corrected chi connectivity index (χ4v) is 3.79. The van der Waals surface area contributed by atoms with Crippen LogP contribution >= 0.6 is 0 Å². The summed E-state index contributed by atoms with van der Waals surface area (Å²) in [6.45, 7) is 2.60. The van der Waals surface area contributed by atoms with Crippen molar-refractivity contribution in [2.75, 3.05) is 11.9 Å². The number of anilines is 1. The van der Waals surface area contributed by atoms with E-state index in [4.69, 9.17) is 0 Å². The van der Waals surface area contributed by atoms with Crippen LogP contribution in [0.2, 0.25) is 0 Å². The van der Waals surface area contributed by atoms with E-state index in [9.17, 15) is 19.5 Å². The van der Waals surface area contributed by atoms with Crippen molar-refractivity contribution >= 4 is 23.5 Å². The molecule has 1 fully saturated rings. The Morgan fingerprint density at radius 1 is 1.08 bits per heavy atom. The number of carbonyl (C=O) groups is 3. The predicted octanol–water partition coefficient (Wildman–Crippen LogP) is 2.29. The van der Waals surface area contributed by atoms with Crippen LogP contribution in [0.4, 0.5) is 5.69 Å². The molecule has 0 saturated heterocycles. The molecule has 2 bridgehead atoms. The summed E-state index contributed by atoms with van der Waals surface area (Å²) >= 11 is 0. The molecule has 132 valence electrons. The lowest BCUT2D eigenvalue weighted by Crippen LogP contribution is -2.36. The molecule has 4 atom stereocenters. The van der Waals surface area contributed by atoms with Crippen LogP contribution in [-0.2, 0) is 9.59 Å². The maximum absolute atomic E-state index is 12.6. The molecule has 1 aromatic rings. The van der Waals surface area contributed by atoms with Gasteiger partial charge in [0.15, 0.2) is 0 Å². The molecule has 6 nitrogen and oxygen atoms in total. The molecule has 0 heterocycles. The lowest BCUT2D eigenvalue weighted by atomic mass is 9.82. The molecule has 1 aromatic carbocycles. The zero-order valence-electron chi connectivity index (χ0n) is 14.1. The van der Waals surface area contributed by atoms with Crippen molar-refractivity contribution in [1.82, 2.24) is 5.32 Å². The first-order valence-electron chi connectivity index (χ1n) is 8.61. The van der Waals surface area contributed by atoms with Crippen LogP contribution in [0.25, 0.3) is 0 Å². The number of benzene rings is 1. The van der Waals surface area contributed by atoms with Gasteiger partial charge in [-0.2, -0.15) is 0 Å². The summed E-state index contributed by atoms with van der Waals surface area (Å²) in [5.74, 6) is -2.60. The van der Waals surface area contributed by atoms with Crippen molar-refractivity contribution in [2.45, 2.75) is 19.8 Å². The highest BCUT2D eigenvalue weighted by Gasteiger charge is 2.51. The molecule has 0 aliphatic heterocycles. The third kappa shape index (κ3) is 3.43. The first-order valence-corrected chi connectivity index (χ1v) is 8.61. The largest absolute Gasteiger partial charge is 0.481 e. The fourth-order valence-electron chi connectivity index (χ4n) is 3.79. The zero-order valence-corrected chi connectivity index (χ0v) is 14.1. The lowest BCUT2D eigenvalue weighted by Gasteiger charge is -2.23. The van der Waals surface area contributed by atoms with Crippen molar-refractivity contribution < 1.29 is 19.5 Å². The van der Waals surface area contributed by atoms with Crippen molar-refractivity contribution in [3.8, 4) is 0 Å². The Hall–Kier alpha value is -2.63. The van der Waals surface area contributed by atoms with E-state index in [2.05, 4.69) is 10.6 Å². The Kier molecular flexibility index (Phi) is 4.88. The average molecular weight is 342 g/mol. The van der Waals surface area contributed by atoms with E-state index in [1.807, 2.05) is 19.1 Å². The molecule has 2 amide bonds. The van der Waals surface area contributed by atoms with Gasteiger partial charge < -0.3 is 15.7 Å². The second-order valence-corrected chi connectivity index (χ2v) is 6.66. The standard InChI is InChI=1S/C19H22N2O4/c1-2-9-20-17(22)11-5-7-14(8-6-11)21-18(23)15-12-3-4-13(10-12)16(15)19(24)25/h3-8,12-13,15-16H,2,9-10H2,1H3,(H,20,22)(H,21,23)(H,24,25)/t12-,13-,15-,16-/m0/s1. The van der Waals surface area contributed by atoms with Crippen molar-refractivity contribution in [3.63, 3.8) is 0 Å². The number of fused-ring (bicyclic) bond motifs is 2. The van der Waals surface area contributed by atoms with Gasteiger partial charge in [-0.15, -0.1) is 0 Å². The molecule has 2 aliphatic rings. The molecule has 0 unspecified atom stereocenters. The van der Waals surface area contributed by atoms with Gasteiger partial charge in [0, 0.05) is 17.8 Å². The molecule has 6 heteroatoms. The van der Waals surface area contributed by atoms with Gasteiger partial charge in [-0.3, -0.25) is 14.4 Å². The van der Waals surface area contributed by atoms with E-state index in [0.29, 0.717) is 17.8 Å². The normalized spacial score (nSPS) is 26.4. The van der Waals surface area contributed by atoms with Gasteiger partial charge in [0.1, 0.15) is 0 Å². The summed E-state index contributed by atoms with van der Waals surface area (Å²) in [7, 11) is 0. The molecule has 2 aliphatic carbocycles. The molecular formula is C19H22N2O4. The molecule has 0 aromatic heterocycles. The van der Waals surface area contributed by atoms with Gasteiger partial charge >= 0.3 is 5.97 Å². The number of carboxylic acid groups (broad SMARTS) is 1. The summed E-state index contributed by atoms with van der Waals surface area (Å²) in [5, 5.41) is 15.0. The Morgan fingerprint density at radius 2 is 1.72 bits per heavy atom. The molecule has 25 heavy (non-hydrogen) atoms. The van der Waals surface area contributed by atoms with E-state index in [1.54, 1.807) is 24.3 Å². The number of carboxylic acids is 1. The molecule has 1 saturated carbocycles. The van der Waals surface area contributed by atoms with E-state index in [-0.39, 0.29) is 23.7 Å². The number of amides is 2. The Bertz CT molecular complexity index is 711. The summed E-state index contributed by atoms with van der Waals surface area (Å²) in [6.07, 6.45) is 5.46. The highest BCUT2D eigenvalue weighted by atomic mass is 16.4. The molecular weight excluding hydrogens is 320 g/mol. The molecule has 0 radical (unpaired) electrons. The number of aliphatic carboxylic acids is 1. The molecule has 3 N–H and O–H groups in total. The number of nitrogens with one attached hydrogen (secondary N) is 2. The SMILES string of the molecule is CCCNC(=O)c1ccc(NC(=O)[C@@H]2[C@@H](C(=O)O)[C@H]3C=C[C@H]2C3)cc1. The molecule has 0 spiro atoms. The quantitative estimate of drug-likeness (QED) is 0.691. The Balaban J connectivity index is 1.66. The minimum absolute atomic E-state index is 0.00908. The fraction of sp³-hybridized carbons (Fsp3) is 0.421. The van der Waals surface area contributed by atoms with Gasteiger partial charge in [-0.25, -0.2) is 0 Å². The van der Waals surface area contributed by atoms with Crippen LogP contribution in [0.15, 0.2) is 36.4 Å². The first-order chi connectivity index (χ1) is 12.0. The smallest absolute Gasteiger partial charge is 0.307 e. The number of carbonyl (C=O) groups excluding carboxylic acids is 2. The van der Waals surface area contributed by atoms with Crippen LogP contribution in [0.3, 0.4) is 0 Å². The summed E-state index contributed by atoms with van der Waals surface area (Å²) in [4.78, 5) is 36.0. The maximum Gasteiger partial charge on any atom is 0.307 e. The zero-order chi connectivity index (χ0) is 18.0. The second kappa shape index (κ2) is 7.09. The van der Waals surface area contributed by atoms with Gasteiger partial charge in [0.25, 0.3) is 5.91 Å². The van der Waals surface area contributed by atoms with E-state index < -0.39 is 17.8 Å². The number of hydrogen-bond acceptors (Lipinski definition) is 3. The van der Waals surface area contributed by atoms with Gasteiger partial charge in [0.2, 0.25) is 5.91 Å². The Labute approximate surface area is 146 Å². The van der Waals surface area contributed by atoms with Crippen LogP contribution in [-0.4, -0.2) is 29.4 Å². The third-order valence-corrected chi connectivity index (χ3v) is 5.00. The third-order valence-electron chi connectivity index (χ3n) is 5.00. The highest BCUT2D eigenvalue weighted by Crippen LogP contribution is 2.48. The molecule has 3 rings (SSSR count). The van der Waals surface area contributed by atoms with Crippen molar-refractivity contribution in [3.05, 3.63) is 42.0 Å². The minimum Gasteiger partial charge on any atom is -0.481 e.